The molecule has 3 unspecified atom stereocenters. The fraction of sp³-hybridized carbons (Fsp3) is 0.600. The highest BCUT2D eigenvalue weighted by atomic mass is 19.3. The van der Waals surface area contributed by atoms with Gasteiger partial charge in [0.1, 0.15) is 0 Å². The van der Waals surface area contributed by atoms with E-state index in [4.69, 9.17) is 10.5 Å². The van der Waals surface area contributed by atoms with E-state index in [2.05, 4.69) is 4.98 Å². The van der Waals surface area contributed by atoms with E-state index in [0.29, 0.717) is 23.9 Å². The molecule has 5 nitrogen and oxygen atoms in total. The minimum Gasteiger partial charge on any atom is -0.472 e. The number of hydrogen-bond acceptors (Lipinski definition) is 4. The average Bonchev–Trinajstić information content (AvgIpc) is 3.07. The Morgan fingerprint density at radius 1 is 1.41 bits per heavy atom. The third-order valence-corrected chi connectivity index (χ3v) is 4.54. The van der Waals surface area contributed by atoms with E-state index < -0.39 is 13.0 Å². The highest BCUT2D eigenvalue weighted by Crippen LogP contribution is 2.37. The summed E-state index contributed by atoms with van der Waals surface area (Å²) >= 11 is 0. The molecule has 2 N–H and O–H groups in total. The molecule has 3 rings (SSSR count). The first kappa shape index (κ1) is 15.1. The monoisotopic (exact) mass is 311 g/mol. The summed E-state index contributed by atoms with van der Waals surface area (Å²) in [4.78, 5) is 18.2. The predicted molar refractivity (Wildman–Crippen MR) is 75.8 cm³/mol. The summed E-state index contributed by atoms with van der Waals surface area (Å²) in [6.07, 6.45) is 0.942. The van der Waals surface area contributed by atoms with Gasteiger partial charge in [-0.25, -0.2) is 13.8 Å². The Morgan fingerprint density at radius 3 is 2.86 bits per heavy atom. The molecule has 1 aromatic rings. The summed E-state index contributed by atoms with van der Waals surface area (Å²) in [6.45, 7) is 0.725. The van der Waals surface area contributed by atoms with E-state index in [9.17, 15) is 13.6 Å². The van der Waals surface area contributed by atoms with Crippen molar-refractivity contribution in [3.05, 3.63) is 23.9 Å². The fourth-order valence-electron chi connectivity index (χ4n) is 3.40. The first-order valence-corrected chi connectivity index (χ1v) is 7.46. The second-order valence-corrected chi connectivity index (χ2v) is 5.96. The number of halogens is 2. The topological polar surface area (TPSA) is 68.5 Å². The Balaban J connectivity index is 1.61. The minimum atomic E-state index is -2.55. The van der Waals surface area contributed by atoms with Crippen LogP contribution in [-0.4, -0.2) is 48.0 Å². The molecular formula is C15H19F2N3O2. The molecular weight excluding hydrogens is 292 g/mol. The second kappa shape index (κ2) is 6.16. The maximum Gasteiger partial charge on any atom is 0.272 e. The standard InChI is InChI=1S/C15H19F2N3O2/c16-13(17)8-22-14-4-2-9(5-19-14)15(21)20-6-10-1-3-12(18)11(10)7-20/h2,4-5,10-13H,1,3,6-8,18H2. The molecule has 2 aliphatic rings. The van der Waals surface area contributed by atoms with E-state index >= 15 is 0 Å². The smallest absolute Gasteiger partial charge is 0.272 e. The summed E-state index contributed by atoms with van der Waals surface area (Å²) < 4.78 is 28.9. The van der Waals surface area contributed by atoms with Crippen LogP contribution in [0.1, 0.15) is 23.2 Å². The molecule has 0 bridgehead atoms. The maximum absolute atomic E-state index is 12.4. The lowest BCUT2D eigenvalue weighted by Gasteiger charge is -2.18. The van der Waals surface area contributed by atoms with Crippen LogP contribution in [0.4, 0.5) is 8.78 Å². The van der Waals surface area contributed by atoms with Gasteiger partial charge in [-0.3, -0.25) is 4.79 Å². The number of pyridine rings is 1. The van der Waals surface area contributed by atoms with Crippen molar-refractivity contribution in [2.24, 2.45) is 17.6 Å². The molecule has 22 heavy (non-hydrogen) atoms. The normalized spacial score (nSPS) is 27.3. The van der Waals surface area contributed by atoms with Crippen LogP contribution in [-0.2, 0) is 0 Å². The van der Waals surface area contributed by atoms with Crippen molar-refractivity contribution < 1.29 is 18.3 Å². The van der Waals surface area contributed by atoms with Crippen molar-refractivity contribution in [2.75, 3.05) is 19.7 Å². The van der Waals surface area contributed by atoms with E-state index in [-0.39, 0.29) is 17.8 Å². The number of carbonyl (C=O) groups is 1. The van der Waals surface area contributed by atoms with Gasteiger partial charge in [0, 0.05) is 31.4 Å². The van der Waals surface area contributed by atoms with Gasteiger partial charge in [-0.05, 0) is 30.7 Å². The van der Waals surface area contributed by atoms with Crippen LogP contribution in [0.25, 0.3) is 0 Å². The van der Waals surface area contributed by atoms with Gasteiger partial charge in [0.15, 0.2) is 6.61 Å². The van der Waals surface area contributed by atoms with Gasteiger partial charge in [0.2, 0.25) is 5.88 Å². The van der Waals surface area contributed by atoms with E-state index in [1.807, 2.05) is 4.90 Å². The van der Waals surface area contributed by atoms with Gasteiger partial charge < -0.3 is 15.4 Å². The lowest BCUT2D eigenvalue weighted by molar-refractivity contribution is 0.0769. The summed E-state index contributed by atoms with van der Waals surface area (Å²) in [6, 6.07) is 3.19. The molecule has 1 amide bonds. The lowest BCUT2D eigenvalue weighted by Crippen LogP contribution is -2.33. The Morgan fingerprint density at radius 2 is 2.23 bits per heavy atom. The molecule has 1 aromatic heterocycles. The van der Waals surface area contributed by atoms with Crippen LogP contribution in [0, 0.1) is 11.8 Å². The number of fused-ring (bicyclic) bond motifs is 1. The van der Waals surface area contributed by atoms with Crippen molar-refractivity contribution in [3.8, 4) is 5.88 Å². The molecule has 0 aromatic carbocycles. The Labute approximate surface area is 127 Å². The number of amides is 1. The number of nitrogens with zero attached hydrogens (tertiary/aromatic N) is 2. The quantitative estimate of drug-likeness (QED) is 0.916. The van der Waals surface area contributed by atoms with Gasteiger partial charge in [0.05, 0.1) is 5.56 Å². The number of hydrogen-bond donors (Lipinski definition) is 1. The Hall–Kier alpha value is -1.76. The third-order valence-electron chi connectivity index (χ3n) is 4.54. The Kier molecular flexibility index (Phi) is 4.24. The molecule has 1 aliphatic carbocycles. The van der Waals surface area contributed by atoms with Crippen LogP contribution in [0.3, 0.4) is 0 Å². The molecule has 7 heteroatoms. The van der Waals surface area contributed by atoms with Crippen molar-refractivity contribution in [1.82, 2.24) is 9.88 Å². The molecule has 1 saturated carbocycles. The van der Waals surface area contributed by atoms with Gasteiger partial charge >= 0.3 is 0 Å². The van der Waals surface area contributed by atoms with E-state index in [1.54, 1.807) is 6.07 Å². The zero-order valence-corrected chi connectivity index (χ0v) is 12.1. The van der Waals surface area contributed by atoms with Crippen LogP contribution in [0.5, 0.6) is 5.88 Å². The lowest BCUT2D eigenvalue weighted by atomic mass is 9.98. The molecule has 1 aliphatic heterocycles. The molecule has 3 atom stereocenters. The summed E-state index contributed by atoms with van der Waals surface area (Å²) in [5.74, 6) is 0.901. The highest BCUT2D eigenvalue weighted by Gasteiger charge is 2.42. The van der Waals surface area contributed by atoms with Crippen molar-refractivity contribution >= 4 is 5.91 Å². The van der Waals surface area contributed by atoms with Gasteiger partial charge in [-0.15, -0.1) is 0 Å². The third kappa shape index (κ3) is 3.04. The maximum atomic E-state index is 12.4. The average molecular weight is 311 g/mol. The zero-order valence-electron chi connectivity index (χ0n) is 12.1. The first-order valence-electron chi connectivity index (χ1n) is 7.46. The van der Waals surface area contributed by atoms with E-state index in [1.165, 1.54) is 12.3 Å². The zero-order chi connectivity index (χ0) is 15.7. The first-order chi connectivity index (χ1) is 10.5. The molecule has 1 saturated heterocycles. The SMILES string of the molecule is NC1CCC2CN(C(=O)c3ccc(OCC(F)F)nc3)CC12. The fourth-order valence-corrected chi connectivity index (χ4v) is 3.40. The highest BCUT2D eigenvalue weighted by molar-refractivity contribution is 5.94. The number of ether oxygens (including phenoxy) is 1. The predicted octanol–water partition coefficient (Wildman–Crippen LogP) is 1.53. The second-order valence-electron chi connectivity index (χ2n) is 5.96. The summed E-state index contributed by atoms with van der Waals surface area (Å²) in [5, 5.41) is 0. The van der Waals surface area contributed by atoms with Crippen LogP contribution in [0.15, 0.2) is 18.3 Å². The van der Waals surface area contributed by atoms with E-state index in [0.717, 1.165) is 19.4 Å². The largest absolute Gasteiger partial charge is 0.472 e. The summed E-state index contributed by atoms with van der Waals surface area (Å²) in [7, 11) is 0. The summed E-state index contributed by atoms with van der Waals surface area (Å²) in [5.41, 5.74) is 6.51. The molecule has 0 spiro atoms. The van der Waals surface area contributed by atoms with Crippen molar-refractivity contribution in [2.45, 2.75) is 25.3 Å². The molecule has 0 radical (unpaired) electrons. The van der Waals surface area contributed by atoms with Crippen LogP contribution in [0.2, 0.25) is 0 Å². The number of nitrogens with two attached hydrogens (primary N) is 1. The van der Waals surface area contributed by atoms with Crippen LogP contribution >= 0.6 is 0 Å². The number of alkyl halides is 2. The van der Waals surface area contributed by atoms with Crippen LogP contribution < -0.4 is 10.5 Å². The number of rotatable bonds is 4. The number of carbonyl (C=O) groups excluding carboxylic acids is 1. The molecule has 2 fully saturated rings. The molecule has 2 heterocycles. The Bertz CT molecular complexity index is 538. The van der Waals surface area contributed by atoms with Crippen molar-refractivity contribution in [3.63, 3.8) is 0 Å². The molecule has 120 valence electrons. The number of likely N-dealkylation sites (tertiary alicyclic amines) is 1. The van der Waals surface area contributed by atoms with Gasteiger partial charge in [-0.1, -0.05) is 0 Å². The van der Waals surface area contributed by atoms with Gasteiger partial charge in [0.25, 0.3) is 12.3 Å². The number of aromatic nitrogens is 1. The van der Waals surface area contributed by atoms with Gasteiger partial charge in [-0.2, -0.15) is 0 Å². The van der Waals surface area contributed by atoms with Crippen molar-refractivity contribution in [1.29, 1.82) is 0 Å². The minimum absolute atomic E-state index is 0.0884.